The summed E-state index contributed by atoms with van der Waals surface area (Å²) in [7, 11) is 1.84. The van der Waals surface area contributed by atoms with Gasteiger partial charge in [0.2, 0.25) is 0 Å². The molecule has 0 aliphatic heterocycles. The molecule has 0 unspecified atom stereocenters. The van der Waals surface area contributed by atoms with E-state index in [0.29, 0.717) is 16.3 Å². The Morgan fingerprint density at radius 3 is 2.43 bits per heavy atom. The maximum absolute atomic E-state index is 13.1. The molecule has 1 fully saturated rings. The molecular formula is C22H23Cl2N3O2S. The summed E-state index contributed by atoms with van der Waals surface area (Å²) in [6, 6.07) is 12.0. The third-order valence-electron chi connectivity index (χ3n) is 5.25. The lowest BCUT2D eigenvalue weighted by molar-refractivity contribution is 0.0697. The first kappa shape index (κ1) is 22.5. The van der Waals surface area contributed by atoms with Gasteiger partial charge in [0.1, 0.15) is 0 Å². The Morgan fingerprint density at radius 1 is 1.03 bits per heavy atom. The molecule has 0 radical (unpaired) electrons. The van der Waals surface area contributed by atoms with Crippen LogP contribution in [0.1, 0.15) is 52.8 Å². The number of benzene rings is 2. The third kappa shape index (κ3) is 5.50. The zero-order chi connectivity index (χ0) is 21.7. The number of anilines is 1. The Kier molecular flexibility index (Phi) is 7.69. The highest BCUT2D eigenvalue weighted by atomic mass is 35.5. The van der Waals surface area contributed by atoms with Crippen LogP contribution in [0, 0.1) is 0 Å². The van der Waals surface area contributed by atoms with E-state index in [0.717, 1.165) is 25.7 Å². The predicted molar refractivity (Wildman–Crippen MR) is 126 cm³/mol. The Labute approximate surface area is 191 Å². The van der Waals surface area contributed by atoms with Gasteiger partial charge in [-0.3, -0.25) is 14.9 Å². The molecule has 5 nitrogen and oxygen atoms in total. The maximum atomic E-state index is 13.1. The van der Waals surface area contributed by atoms with Gasteiger partial charge in [-0.15, -0.1) is 0 Å². The van der Waals surface area contributed by atoms with E-state index < -0.39 is 5.91 Å². The number of para-hydroxylation sites is 1. The highest BCUT2D eigenvalue weighted by Crippen LogP contribution is 2.25. The Bertz CT molecular complexity index is 961. The molecule has 0 atom stereocenters. The number of carbonyl (C=O) groups is 2. The molecule has 1 aliphatic rings. The molecule has 2 N–H and O–H groups in total. The van der Waals surface area contributed by atoms with E-state index in [-0.39, 0.29) is 27.6 Å². The van der Waals surface area contributed by atoms with E-state index in [1.165, 1.54) is 18.6 Å². The fourth-order valence-electron chi connectivity index (χ4n) is 3.60. The summed E-state index contributed by atoms with van der Waals surface area (Å²) in [5, 5.41) is 6.30. The molecule has 2 aromatic rings. The number of thiocarbonyl (C=S) groups is 1. The molecule has 1 aliphatic carbocycles. The van der Waals surface area contributed by atoms with Gasteiger partial charge < -0.3 is 10.2 Å². The average molecular weight is 464 g/mol. The average Bonchev–Trinajstić information content (AvgIpc) is 2.73. The van der Waals surface area contributed by atoms with Gasteiger partial charge in [-0.2, -0.15) is 0 Å². The van der Waals surface area contributed by atoms with Crippen LogP contribution in [-0.4, -0.2) is 34.9 Å². The minimum atomic E-state index is -0.461. The highest BCUT2D eigenvalue weighted by molar-refractivity contribution is 7.80. The number of hydrogen-bond donors (Lipinski definition) is 2. The first-order valence-corrected chi connectivity index (χ1v) is 11.0. The van der Waals surface area contributed by atoms with Gasteiger partial charge >= 0.3 is 0 Å². The van der Waals surface area contributed by atoms with E-state index in [9.17, 15) is 9.59 Å². The van der Waals surface area contributed by atoms with E-state index in [2.05, 4.69) is 10.6 Å². The largest absolute Gasteiger partial charge is 0.339 e. The minimum absolute atomic E-state index is 0.0696. The second-order valence-electron chi connectivity index (χ2n) is 7.29. The van der Waals surface area contributed by atoms with E-state index >= 15 is 0 Å². The Hall–Kier alpha value is -2.15. The normalized spacial score (nSPS) is 14.1. The van der Waals surface area contributed by atoms with Crippen molar-refractivity contribution in [2.75, 3.05) is 12.4 Å². The quantitative estimate of drug-likeness (QED) is 0.585. The third-order valence-corrected chi connectivity index (χ3v) is 6.00. The van der Waals surface area contributed by atoms with Crippen molar-refractivity contribution in [3.63, 3.8) is 0 Å². The maximum Gasteiger partial charge on any atom is 0.258 e. The lowest BCUT2D eigenvalue weighted by Gasteiger charge is -2.31. The summed E-state index contributed by atoms with van der Waals surface area (Å²) in [5.41, 5.74) is 1.30. The second-order valence-corrected chi connectivity index (χ2v) is 8.54. The Balaban J connectivity index is 1.70. The number of amides is 2. The van der Waals surface area contributed by atoms with Gasteiger partial charge in [0.15, 0.2) is 5.11 Å². The molecular weight excluding hydrogens is 441 g/mol. The standard InChI is InChI=1S/C22H23Cl2N3O2S/c1-27(15-7-3-2-4-8-15)21(29)17-9-5-6-10-19(17)25-22(30)26-20(28)16-12-11-14(23)13-18(16)24/h5-6,9-13,15H,2-4,7-8H2,1H3,(H2,25,26,28,30). The van der Waals surface area contributed by atoms with Gasteiger partial charge in [-0.1, -0.05) is 54.6 Å². The van der Waals surface area contributed by atoms with Crippen molar-refractivity contribution in [2.45, 2.75) is 38.1 Å². The number of halogens is 2. The van der Waals surface area contributed by atoms with Crippen molar-refractivity contribution in [3.8, 4) is 0 Å². The highest BCUT2D eigenvalue weighted by Gasteiger charge is 2.24. The van der Waals surface area contributed by atoms with E-state index in [1.54, 1.807) is 24.3 Å². The van der Waals surface area contributed by atoms with Crippen LogP contribution in [0.4, 0.5) is 5.69 Å². The number of nitrogens with zero attached hydrogens (tertiary/aromatic N) is 1. The molecule has 1 saturated carbocycles. The molecule has 0 heterocycles. The van der Waals surface area contributed by atoms with Crippen molar-refractivity contribution in [3.05, 3.63) is 63.6 Å². The summed E-state index contributed by atoms with van der Waals surface area (Å²) in [6.45, 7) is 0. The molecule has 0 bridgehead atoms. The molecule has 158 valence electrons. The molecule has 3 rings (SSSR count). The van der Waals surface area contributed by atoms with Crippen molar-refractivity contribution in [1.29, 1.82) is 0 Å². The summed E-state index contributed by atoms with van der Waals surface area (Å²) in [6.07, 6.45) is 5.56. The van der Waals surface area contributed by atoms with Gasteiger partial charge in [0, 0.05) is 18.1 Å². The molecule has 0 aromatic heterocycles. The van der Waals surface area contributed by atoms with Crippen molar-refractivity contribution >= 4 is 58.0 Å². The van der Waals surface area contributed by atoms with Crippen LogP contribution in [0.25, 0.3) is 0 Å². The van der Waals surface area contributed by atoms with Crippen LogP contribution >= 0.6 is 35.4 Å². The zero-order valence-electron chi connectivity index (χ0n) is 16.6. The van der Waals surface area contributed by atoms with E-state index in [4.69, 9.17) is 35.4 Å². The van der Waals surface area contributed by atoms with Crippen LogP contribution in [-0.2, 0) is 0 Å². The summed E-state index contributed by atoms with van der Waals surface area (Å²) >= 11 is 17.2. The van der Waals surface area contributed by atoms with Gasteiger partial charge in [-0.25, -0.2) is 0 Å². The van der Waals surface area contributed by atoms with Crippen LogP contribution in [0.15, 0.2) is 42.5 Å². The number of rotatable bonds is 4. The lowest BCUT2D eigenvalue weighted by Crippen LogP contribution is -2.39. The van der Waals surface area contributed by atoms with Crippen LogP contribution < -0.4 is 10.6 Å². The van der Waals surface area contributed by atoms with Gasteiger partial charge in [0.25, 0.3) is 11.8 Å². The van der Waals surface area contributed by atoms with Gasteiger partial charge in [-0.05, 0) is 55.4 Å². The van der Waals surface area contributed by atoms with Crippen LogP contribution in [0.2, 0.25) is 10.0 Å². The fourth-order valence-corrected chi connectivity index (χ4v) is 4.30. The zero-order valence-corrected chi connectivity index (χ0v) is 18.9. The molecule has 0 saturated heterocycles. The molecule has 0 spiro atoms. The monoisotopic (exact) mass is 463 g/mol. The SMILES string of the molecule is CN(C(=O)c1ccccc1NC(=S)NC(=O)c1ccc(Cl)cc1Cl)C1CCCCC1. The lowest BCUT2D eigenvalue weighted by atomic mass is 9.94. The first-order valence-electron chi connectivity index (χ1n) is 9.80. The van der Waals surface area contributed by atoms with Crippen LogP contribution in [0.3, 0.4) is 0 Å². The summed E-state index contributed by atoms with van der Waals surface area (Å²) < 4.78 is 0. The van der Waals surface area contributed by atoms with Crippen molar-refractivity contribution in [1.82, 2.24) is 10.2 Å². The molecule has 30 heavy (non-hydrogen) atoms. The van der Waals surface area contributed by atoms with E-state index in [1.807, 2.05) is 18.0 Å². The smallest absolute Gasteiger partial charge is 0.258 e. The number of hydrogen-bond acceptors (Lipinski definition) is 3. The molecule has 2 amide bonds. The topological polar surface area (TPSA) is 61.4 Å². The fraction of sp³-hybridized carbons (Fsp3) is 0.318. The minimum Gasteiger partial charge on any atom is -0.339 e. The number of nitrogens with one attached hydrogen (secondary N) is 2. The molecule has 8 heteroatoms. The predicted octanol–water partition coefficient (Wildman–Crippen LogP) is 5.52. The molecule has 2 aromatic carbocycles. The van der Waals surface area contributed by atoms with Gasteiger partial charge in [0.05, 0.1) is 21.8 Å². The van der Waals surface area contributed by atoms with Crippen molar-refractivity contribution in [2.24, 2.45) is 0 Å². The summed E-state index contributed by atoms with van der Waals surface area (Å²) in [5.74, 6) is -0.530. The first-order chi connectivity index (χ1) is 14.4. The number of carbonyl (C=O) groups excluding carboxylic acids is 2. The Morgan fingerprint density at radius 2 is 1.73 bits per heavy atom. The summed E-state index contributed by atoms with van der Waals surface area (Å²) in [4.78, 5) is 27.4. The second kappa shape index (κ2) is 10.2. The van der Waals surface area contributed by atoms with Crippen LogP contribution in [0.5, 0.6) is 0 Å². The van der Waals surface area contributed by atoms with Crippen molar-refractivity contribution < 1.29 is 9.59 Å².